The van der Waals surface area contributed by atoms with Gasteiger partial charge in [0.15, 0.2) is 0 Å². The first-order valence-electron chi connectivity index (χ1n) is 8.83. The maximum Gasteiger partial charge on any atom is 0.259 e. The predicted molar refractivity (Wildman–Crippen MR) is 96.5 cm³/mol. The summed E-state index contributed by atoms with van der Waals surface area (Å²) in [5.74, 6) is 1.69. The molecule has 4 heteroatoms. The number of hydrogen-bond acceptors (Lipinski definition) is 3. The van der Waals surface area contributed by atoms with Gasteiger partial charge in [-0.05, 0) is 55.4 Å². The number of para-hydroxylation sites is 1. The number of nitrogens with zero attached hydrogens (tertiary/aromatic N) is 2. The number of rotatable bonds is 3. The molecular formula is C20H23N3O. The van der Waals surface area contributed by atoms with Gasteiger partial charge in [-0.2, -0.15) is 0 Å². The molecule has 1 aromatic heterocycles. The number of amides is 1. The summed E-state index contributed by atoms with van der Waals surface area (Å²) in [6.45, 7) is 3.04. The van der Waals surface area contributed by atoms with E-state index in [0.29, 0.717) is 11.6 Å². The van der Waals surface area contributed by atoms with Crippen molar-refractivity contribution in [2.24, 2.45) is 5.92 Å². The molecule has 1 fully saturated rings. The smallest absolute Gasteiger partial charge is 0.259 e. The molecule has 1 aliphatic carbocycles. The molecule has 0 spiro atoms. The standard InChI is InChI=1S/C20H23N3O/c1-14-6-8-17(12-14)22-19-9-7-16(13-21-19)20(24)23-11-10-15-4-2-3-5-18(15)23/h2-5,7,9,13-14,17H,6,8,10-12H2,1H3,(H,21,22). The summed E-state index contributed by atoms with van der Waals surface area (Å²) in [5, 5.41) is 3.49. The van der Waals surface area contributed by atoms with Gasteiger partial charge in [0, 0.05) is 24.5 Å². The Bertz CT molecular complexity index is 741. The van der Waals surface area contributed by atoms with Crippen molar-refractivity contribution in [3.05, 3.63) is 53.7 Å². The second-order valence-electron chi connectivity index (χ2n) is 7.03. The van der Waals surface area contributed by atoms with Crippen molar-refractivity contribution in [3.8, 4) is 0 Å². The van der Waals surface area contributed by atoms with Crippen LogP contribution in [0.4, 0.5) is 11.5 Å². The Morgan fingerprint density at radius 1 is 1.21 bits per heavy atom. The molecule has 1 aliphatic heterocycles. The lowest BCUT2D eigenvalue weighted by Crippen LogP contribution is -2.29. The summed E-state index contributed by atoms with van der Waals surface area (Å²) in [6, 6.07) is 12.5. The highest BCUT2D eigenvalue weighted by Gasteiger charge is 2.25. The Morgan fingerprint density at radius 2 is 2.08 bits per heavy atom. The third kappa shape index (κ3) is 2.88. The normalized spacial score (nSPS) is 22.5. The van der Waals surface area contributed by atoms with E-state index >= 15 is 0 Å². The summed E-state index contributed by atoms with van der Waals surface area (Å²) >= 11 is 0. The van der Waals surface area contributed by atoms with E-state index in [0.717, 1.165) is 30.4 Å². The van der Waals surface area contributed by atoms with Crippen molar-refractivity contribution in [1.29, 1.82) is 0 Å². The summed E-state index contributed by atoms with van der Waals surface area (Å²) in [6.07, 6.45) is 6.31. The summed E-state index contributed by atoms with van der Waals surface area (Å²) in [5.41, 5.74) is 2.93. The molecule has 4 rings (SSSR count). The molecule has 2 heterocycles. The highest BCUT2D eigenvalue weighted by Crippen LogP contribution is 2.29. The van der Waals surface area contributed by atoms with Crippen molar-refractivity contribution in [2.45, 2.75) is 38.6 Å². The number of aromatic nitrogens is 1. The molecule has 1 N–H and O–H groups in total. The minimum atomic E-state index is 0.0356. The topological polar surface area (TPSA) is 45.2 Å². The molecule has 2 unspecified atom stereocenters. The molecule has 0 bridgehead atoms. The van der Waals surface area contributed by atoms with Gasteiger partial charge in [-0.25, -0.2) is 4.98 Å². The summed E-state index contributed by atoms with van der Waals surface area (Å²) in [7, 11) is 0. The molecule has 1 aromatic carbocycles. The van der Waals surface area contributed by atoms with Gasteiger partial charge < -0.3 is 10.2 Å². The number of benzene rings is 1. The van der Waals surface area contributed by atoms with Crippen LogP contribution in [0.15, 0.2) is 42.6 Å². The van der Waals surface area contributed by atoms with E-state index in [2.05, 4.69) is 23.3 Å². The van der Waals surface area contributed by atoms with Crippen molar-refractivity contribution in [2.75, 3.05) is 16.8 Å². The minimum Gasteiger partial charge on any atom is -0.367 e. The largest absolute Gasteiger partial charge is 0.367 e. The molecule has 24 heavy (non-hydrogen) atoms. The van der Waals surface area contributed by atoms with E-state index in [1.54, 1.807) is 6.20 Å². The van der Waals surface area contributed by atoms with Crippen molar-refractivity contribution < 1.29 is 4.79 Å². The summed E-state index contributed by atoms with van der Waals surface area (Å²) < 4.78 is 0. The third-order valence-corrected chi connectivity index (χ3v) is 5.19. The van der Waals surface area contributed by atoms with Gasteiger partial charge in [-0.15, -0.1) is 0 Å². The van der Waals surface area contributed by atoms with Gasteiger partial charge in [0.1, 0.15) is 5.82 Å². The van der Waals surface area contributed by atoms with E-state index in [-0.39, 0.29) is 5.91 Å². The Morgan fingerprint density at radius 3 is 2.83 bits per heavy atom. The van der Waals surface area contributed by atoms with Crippen LogP contribution in [0, 0.1) is 5.92 Å². The van der Waals surface area contributed by atoms with Gasteiger partial charge in [-0.3, -0.25) is 4.79 Å². The average molecular weight is 321 g/mol. The van der Waals surface area contributed by atoms with Crippen LogP contribution >= 0.6 is 0 Å². The SMILES string of the molecule is CC1CCC(Nc2ccc(C(=O)N3CCc4ccccc43)cn2)C1. The number of pyridine rings is 1. The van der Waals surface area contributed by atoms with E-state index < -0.39 is 0 Å². The molecule has 4 nitrogen and oxygen atoms in total. The first-order valence-corrected chi connectivity index (χ1v) is 8.83. The second-order valence-corrected chi connectivity index (χ2v) is 7.03. The summed E-state index contributed by atoms with van der Waals surface area (Å²) in [4.78, 5) is 19.1. The molecule has 2 aromatic rings. The zero-order valence-corrected chi connectivity index (χ0v) is 14.0. The molecular weight excluding hydrogens is 298 g/mol. The van der Waals surface area contributed by atoms with Gasteiger partial charge in [0.2, 0.25) is 0 Å². The Kier molecular flexibility index (Phi) is 3.97. The van der Waals surface area contributed by atoms with Crippen LogP contribution in [0.2, 0.25) is 0 Å². The maximum absolute atomic E-state index is 12.8. The Labute approximate surface area is 142 Å². The lowest BCUT2D eigenvalue weighted by atomic mass is 10.1. The number of carbonyl (C=O) groups is 1. The molecule has 124 valence electrons. The highest BCUT2D eigenvalue weighted by atomic mass is 16.2. The lowest BCUT2D eigenvalue weighted by molar-refractivity contribution is 0.0989. The molecule has 2 atom stereocenters. The zero-order valence-electron chi connectivity index (χ0n) is 14.0. The van der Waals surface area contributed by atoms with Crippen LogP contribution in [-0.4, -0.2) is 23.5 Å². The van der Waals surface area contributed by atoms with Crippen molar-refractivity contribution in [3.63, 3.8) is 0 Å². The van der Waals surface area contributed by atoms with Crippen LogP contribution in [0.3, 0.4) is 0 Å². The van der Waals surface area contributed by atoms with Gasteiger partial charge in [0.25, 0.3) is 5.91 Å². The molecule has 2 aliphatic rings. The van der Waals surface area contributed by atoms with Crippen LogP contribution in [0.25, 0.3) is 0 Å². The second kappa shape index (κ2) is 6.27. The van der Waals surface area contributed by atoms with Crippen LogP contribution in [-0.2, 0) is 6.42 Å². The quantitative estimate of drug-likeness (QED) is 0.933. The van der Waals surface area contributed by atoms with Gasteiger partial charge >= 0.3 is 0 Å². The molecule has 0 saturated heterocycles. The average Bonchev–Trinajstić information content (AvgIpc) is 3.21. The van der Waals surface area contributed by atoms with Gasteiger partial charge in [-0.1, -0.05) is 25.1 Å². The highest BCUT2D eigenvalue weighted by molar-refractivity contribution is 6.07. The number of carbonyl (C=O) groups excluding carboxylic acids is 1. The van der Waals surface area contributed by atoms with Gasteiger partial charge in [0.05, 0.1) is 5.56 Å². The molecule has 1 saturated carbocycles. The van der Waals surface area contributed by atoms with Crippen LogP contribution < -0.4 is 10.2 Å². The fourth-order valence-corrected chi connectivity index (χ4v) is 3.86. The van der Waals surface area contributed by atoms with Crippen molar-refractivity contribution >= 4 is 17.4 Å². The predicted octanol–water partition coefficient (Wildman–Crippen LogP) is 3.89. The third-order valence-electron chi connectivity index (χ3n) is 5.19. The number of nitrogens with one attached hydrogen (secondary N) is 1. The first-order chi connectivity index (χ1) is 11.7. The number of anilines is 2. The maximum atomic E-state index is 12.8. The Hall–Kier alpha value is -2.36. The fourth-order valence-electron chi connectivity index (χ4n) is 3.86. The number of hydrogen-bond donors (Lipinski definition) is 1. The van der Waals surface area contributed by atoms with Crippen LogP contribution in [0.5, 0.6) is 0 Å². The Balaban J connectivity index is 1.46. The monoisotopic (exact) mass is 321 g/mol. The fraction of sp³-hybridized carbons (Fsp3) is 0.400. The minimum absolute atomic E-state index is 0.0356. The van der Waals surface area contributed by atoms with E-state index in [9.17, 15) is 4.79 Å². The van der Waals surface area contributed by atoms with E-state index in [1.807, 2.05) is 35.2 Å². The van der Waals surface area contributed by atoms with Crippen LogP contribution in [0.1, 0.15) is 42.1 Å². The first kappa shape index (κ1) is 15.2. The van der Waals surface area contributed by atoms with E-state index in [1.165, 1.54) is 24.8 Å². The molecule has 0 radical (unpaired) electrons. The molecule has 1 amide bonds. The number of fused-ring (bicyclic) bond motifs is 1. The lowest BCUT2D eigenvalue weighted by Gasteiger charge is -2.18. The zero-order chi connectivity index (χ0) is 16.5. The van der Waals surface area contributed by atoms with E-state index in [4.69, 9.17) is 0 Å². The van der Waals surface area contributed by atoms with Crippen molar-refractivity contribution in [1.82, 2.24) is 4.98 Å².